The minimum atomic E-state index is -3.56. The summed E-state index contributed by atoms with van der Waals surface area (Å²) < 4.78 is 28.2. The van der Waals surface area contributed by atoms with Gasteiger partial charge in [-0.25, -0.2) is 13.1 Å². The summed E-state index contributed by atoms with van der Waals surface area (Å²) in [5, 5.41) is 0. The number of sulfonamides is 1. The number of anilines is 1. The highest BCUT2D eigenvalue weighted by Crippen LogP contribution is 2.28. The maximum atomic E-state index is 12.4. The lowest BCUT2D eigenvalue weighted by molar-refractivity contribution is 0.252. The second kappa shape index (κ2) is 6.03. The molecule has 0 aromatic heterocycles. The van der Waals surface area contributed by atoms with Gasteiger partial charge in [0.25, 0.3) is 0 Å². The predicted octanol–water partition coefficient (Wildman–Crippen LogP) is 3.30. The fraction of sp³-hybridized carbons (Fsp3) is 0.571. The van der Waals surface area contributed by atoms with Gasteiger partial charge in [-0.3, -0.25) is 0 Å². The van der Waals surface area contributed by atoms with Crippen molar-refractivity contribution in [2.45, 2.75) is 39.5 Å². The van der Waals surface area contributed by atoms with Crippen LogP contribution in [0.4, 0.5) is 5.69 Å². The van der Waals surface area contributed by atoms with Crippen molar-refractivity contribution in [2.24, 2.45) is 11.3 Å². The molecule has 4 nitrogen and oxygen atoms in total. The quantitative estimate of drug-likeness (QED) is 0.789. The van der Waals surface area contributed by atoms with Crippen LogP contribution < -0.4 is 10.5 Å². The van der Waals surface area contributed by atoms with Crippen LogP contribution >= 0.6 is 15.9 Å². The van der Waals surface area contributed by atoms with E-state index in [1.165, 1.54) is 0 Å². The van der Waals surface area contributed by atoms with Gasteiger partial charge in [0.15, 0.2) is 0 Å². The number of nitrogens with one attached hydrogen (secondary N) is 1. The van der Waals surface area contributed by atoms with Gasteiger partial charge in [-0.05, 0) is 36.0 Å². The van der Waals surface area contributed by atoms with Crippen LogP contribution in [0.5, 0.6) is 0 Å². The molecular formula is C14H23BrN2O2S. The van der Waals surface area contributed by atoms with Crippen molar-refractivity contribution in [3.8, 4) is 0 Å². The number of nitrogens with two attached hydrogens (primary N) is 1. The summed E-state index contributed by atoms with van der Waals surface area (Å²) >= 11 is 3.28. The molecule has 0 spiro atoms. The summed E-state index contributed by atoms with van der Waals surface area (Å²) in [6.45, 7) is 10.3. The molecule has 0 unspecified atom stereocenters. The van der Waals surface area contributed by atoms with Gasteiger partial charge in [0, 0.05) is 16.7 Å². The molecule has 6 heteroatoms. The first kappa shape index (κ1) is 17.5. The Bertz CT molecular complexity index is 595. The Balaban J connectivity index is 3.07. The number of hydrogen-bond donors (Lipinski definition) is 2. The summed E-state index contributed by atoms with van der Waals surface area (Å²) in [6, 6.07) is 3.28. The fourth-order valence-corrected chi connectivity index (χ4v) is 3.66. The molecule has 3 N–H and O–H groups in total. The van der Waals surface area contributed by atoms with Crippen LogP contribution in [0.3, 0.4) is 0 Å². The minimum absolute atomic E-state index is 0.113. The molecule has 0 bridgehead atoms. The van der Waals surface area contributed by atoms with E-state index in [-0.39, 0.29) is 10.3 Å². The van der Waals surface area contributed by atoms with Gasteiger partial charge in [-0.1, -0.05) is 43.6 Å². The highest BCUT2D eigenvalue weighted by atomic mass is 79.9. The second-order valence-corrected chi connectivity index (χ2v) is 8.74. The van der Waals surface area contributed by atoms with Crippen molar-refractivity contribution < 1.29 is 8.42 Å². The van der Waals surface area contributed by atoms with Crippen LogP contribution in [0.15, 0.2) is 21.5 Å². The van der Waals surface area contributed by atoms with Crippen molar-refractivity contribution in [3.63, 3.8) is 0 Å². The van der Waals surface area contributed by atoms with E-state index in [2.05, 4.69) is 34.5 Å². The average molecular weight is 363 g/mol. The molecule has 0 aliphatic rings. The largest absolute Gasteiger partial charge is 0.398 e. The van der Waals surface area contributed by atoms with E-state index in [1.807, 2.05) is 13.8 Å². The van der Waals surface area contributed by atoms with Gasteiger partial charge in [0.05, 0.1) is 4.90 Å². The molecular weight excluding hydrogens is 340 g/mol. The Hall–Kier alpha value is -0.590. The van der Waals surface area contributed by atoms with E-state index in [4.69, 9.17) is 5.73 Å². The van der Waals surface area contributed by atoms with E-state index in [0.29, 0.717) is 28.2 Å². The number of benzene rings is 1. The monoisotopic (exact) mass is 362 g/mol. The smallest absolute Gasteiger partial charge is 0.240 e. The standard InChI is InChI=1S/C14H23BrN2O2S/c1-9(2)14(4,5)8-17-20(18,19)13-7-11(15)6-12(16)10(13)3/h6-7,9,17H,8,16H2,1-5H3. The third-order valence-corrected chi connectivity index (χ3v) is 5.92. The van der Waals surface area contributed by atoms with E-state index in [9.17, 15) is 8.42 Å². The summed E-state index contributed by atoms with van der Waals surface area (Å²) in [5.74, 6) is 0.374. The van der Waals surface area contributed by atoms with Gasteiger partial charge in [-0.2, -0.15) is 0 Å². The number of halogens is 1. The van der Waals surface area contributed by atoms with Crippen LogP contribution in [-0.2, 0) is 10.0 Å². The normalized spacial score (nSPS) is 12.9. The maximum absolute atomic E-state index is 12.4. The Labute approximate surface area is 130 Å². The summed E-state index contributed by atoms with van der Waals surface area (Å²) in [4.78, 5) is 0.226. The molecule has 0 atom stereocenters. The zero-order chi connectivity index (χ0) is 15.7. The molecule has 1 rings (SSSR count). The molecule has 0 fully saturated rings. The average Bonchev–Trinajstić information content (AvgIpc) is 2.31. The highest BCUT2D eigenvalue weighted by Gasteiger charge is 2.26. The third kappa shape index (κ3) is 3.96. The zero-order valence-corrected chi connectivity index (χ0v) is 15.0. The van der Waals surface area contributed by atoms with E-state index < -0.39 is 10.0 Å². The Kier molecular flexibility index (Phi) is 5.27. The molecule has 1 aromatic rings. The zero-order valence-electron chi connectivity index (χ0n) is 12.6. The molecule has 0 saturated carbocycles. The van der Waals surface area contributed by atoms with Crippen molar-refractivity contribution in [1.82, 2.24) is 4.72 Å². The minimum Gasteiger partial charge on any atom is -0.398 e. The molecule has 20 heavy (non-hydrogen) atoms. The highest BCUT2D eigenvalue weighted by molar-refractivity contribution is 9.10. The molecule has 0 radical (unpaired) electrons. The lowest BCUT2D eigenvalue weighted by Gasteiger charge is -2.29. The topological polar surface area (TPSA) is 72.2 Å². The van der Waals surface area contributed by atoms with Crippen LogP contribution in [0.25, 0.3) is 0 Å². The van der Waals surface area contributed by atoms with E-state index in [0.717, 1.165) is 0 Å². The lowest BCUT2D eigenvalue weighted by atomic mass is 9.81. The van der Waals surface area contributed by atoms with Gasteiger partial charge < -0.3 is 5.73 Å². The second-order valence-electron chi connectivity index (χ2n) is 6.09. The summed E-state index contributed by atoms with van der Waals surface area (Å²) in [5.41, 5.74) is 6.75. The Morgan fingerprint density at radius 2 is 1.90 bits per heavy atom. The molecule has 0 heterocycles. The predicted molar refractivity (Wildman–Crippen MR) is 87.1 cm³/mol. The Morgan fingerprint density at radius 1 is 1.35 bits per heavy atom. The summed E-state index contributed by atoms with van der Waals surface area (Å²) in [6.07, 6.45) is 0. The van der Waals surface area contributed by atoms with E-state index >= 15 is 0 Å². The maximum Gasteiger partial charge on any atom is 0.240 e. The first-order valence-electron chi connectivity index (χ1n) is 6.52. The first-order chi connectivity index (χ1) is 8.97. The molecule has 0 aliphatic heterocycles. The lowest BCUT2D eigenvalue weighted by Crippen LogP contribution is -2.37. The third-order valence-electron chi connectivity index (χ3n) is 3.94. The van der Waals surface area contributed by atoms with Gasteiger partial charge in [0.2, 0.25) is 10.0 Å². The number of nitrogen functional groups attached to an aromatic ring is 1. The van der Waals surface area contributed by atoms with Gasteiger partial charge >= 0.3 is 0 Å². The van der Waals surface area contributed by atoms with Crippen molar-refractivity contribution in [3.05, 3.63) is 22.2 Å². The van der Waals surface area contributed by atoms with Gasteiger partial charge in [-0.15, -0.1) is 0 Å². The van der Waals surface area contributed by atoms with Crippen LogP contribution in [0, 0.1) is 18.3 Å². The van der Waals surface area contributed by atoms with Gasteiger partial charge in [0.1, 0.15) is 0 Å². The van der Waals surface area contributed by atoms with Crippen molar-refractivity contribution >= 4 is 31.6 Å². The van der Waals surface area contributed by atoms with Crippen LogP contribution in [0.2, 0.25) is 0 Å². The fourth-order valence-electron chi connectivity index (χ4n) is 1.52. The van der Waals surface area contributed by atoms with E-state index in [1.54, 1.807) is 19.1 Å². The molecule has 0 amide bonds. The first-order valence-corrected chi connectivity index (χ1v) is 8.80. The van der Waals surface area contributed by atoms with Crippen LogP contribution in [-0.4, -0.2) is 15.0 Å². The van der Waals surface area contributed by atoms with Crippen molar-refractivity contribution in [2.75, 3.05) is 12.3 Å². The van der Waals surface area contributed by atoms with Crippen LogP contribution in [0.1, 0.15) is 33.3 Å². The molecule has 0 saturated heterocycles. The molecule has 1 aromatic carbocycles. The van der Waals surface area contributed by atoms with Crippen molar-refractivity contribution in [1.29, 1.82) is 0 Å². The molecule has 114 valence electrons. The number of rotatable bonds is 5. The summed E-state index contributed by atoms with van der Waals surface area (Å²) in [7, 11) is -3.56. The Morgan fingerprint density at radius 3 is 2.40 bits per heavy atom. The number of hydrogen-bond acceptors (Lipinski definition) is 3. The molecule has 0 aliphatic carbocycles. The SMILES string of the molecule is Cc1c(N)cc(Br)cc1S(=O)(=O)NCC(C)(C)C(C)C.